The van der Waals surface area contributed by atoms with Crippen LogP contribution in [0, 0.1) is 0 Å². The van der Waals surface area contributed by atoms with Gasteiger partial charge in [-0.25, -0.2) is 0 Å². The van der Waals surface area contributed by atoms with E-state index in [1.807, 2.05) is 0 Å². The quantitative estimate of drug-likeness (QED) is 0.222. The fourth-order valence-corrected chi connectivity index (χ4v) is 6.00. The summed E-state index contributed by atoms with van der Waals surface area (Å²) < 4.78 is 7.47. The van der Waals surface area contributed by atoms with E-state index in [9.17, 15) is 0 Å². The molecule has 5 aromatic carbocycles. The molecule has 5 aromatic rings. The van der Waals surface area contributed by atoms with Crippen LogP contribution in [-0.2, 0) is 5.41 Å². The summed E-state index contributed by atoms with van der Waals surface area (Å²) in [6.45, 7) is 0. The van der Waals surface area contributed by atoms with E-state index in [4.69, 9.17) is 4.74 Å². The van der Waals surface area contributed by atoms with E-state index in [2.05, 4.69) is 119 Å². The zero-order valence-electron chi connectivity index (χ0n) is 16.6. The minimum atomic E-state index is -0.413. The van der Waals surface area contributed by atoms with Crippen molar-refractivity contribution < 1.29 is 4.74 Å². The minimum Gasteiger partial charge on any atom is -0.457 e. The molecule has 1 aliphatic carbocycles. The maximum Gasteiger partial charge on any atom is 0.132 e. The van der Waals surface area contributed by atoms with Crippen LogP contribution in [0.15, 0.2) is 108 Å². The first kappa shape index (κ1) is 17.3. The predicted molar refractivity (Wildman–Crippen MR) is 129 cm³/mol. The van der Waals surface area contributed by atoms with Gasteiger partial charge < -0.3 is 4.74 Å². The van der Waals surface area contributed by atoms with Gasteiger partial charge in [0.15, 0.2) is 0 Å². The number of hydrogen-bond donors (Lipinski definition) is 0. The van der Waals surface area contributed by atoms with Gasteiger partial charge in [0.25, 0.3) is 0 Å². The predicted octanol–water partition coefficient (Wildman–Crippen LogP) is 8.07. The molecule has 1 spiro atoms. The van der Waals surface area contributed by atoms with Crippen molar-refractivity contribution in [1.82, 2.24) is 0 Å². The molecule has 0 radical (unpaired) electrons. The van der Waals surface area contributed by atoms with E-state index < -0.39 is 5.41 Å². The number of fused-ring (bicyclic) bond motifs is 11. The van der Waals surface area contributed by atoms with Gasteiger partial charge in [-0.2, -0.15) is 0 Å². The largest absolute Gasteiger partial charge is 0.457 e. The second-order valence-electron chi connectivity index (χ2n) is 8.24. The van der Waals surface area contributed by atoms with Crippen LogP contribution in [0.25, 0.3) is 21.9 Å². The smallest absolute Gasteiger partial charge is 0.132 e. The van der Waals surface area contributed by atoms with Gasteiger partial charge in [-0.3, -0.25) is 0 Å². The molecule has 1 nitrogen and oxygen atoms in total. The second-order valence-corrected chi connectivity index (χ2v) is 9.16. The highest BCUT2D eigenvalue weighted by atomic mass is 79.9. The van der Waals surface area contributed by atoms with Gasteiger partial charge in [-0.05, 0) is 57.3 Å². The molecule has 2 aliphatic rings. The number of hydrogen-bond acceptors (Lipinski definition) is 1. The van der Waals surface area contributed by atoms with Crippen molar-refractivity contribution in [2.45, 2.75) is 5.41 Å². The molecule has 1 atom stereocenters. The zero-order valence-corrected chi connectivity index (χ0v) is 18.2. The van der Waals surface area contributed by atoms with Gasteiger partial charge >= 0.3 is 0 Å². The minimum absolute atomic E-state index is 0.413. The molecule has 2 heteroatoms. The van der Waals surface area contributed by atoms with Crippen LogP contribution in [-0.4, -0.2) is 0 Å². The fraction of sp³-hybridized carbons (Fsp3) is 0.0345. The lowest BCUT2D eigenvalue weighted by Crippen LogP contribution is -2.32. The summed E-state index contributed by atoms with van der Waals surface area (Å²) >= 11 is 3.72. The molecular weight excluding hydrogens is 444 g/mol. The molecular formula is C29H17BrO. The number of rotatable bonds is 0. The Kier molecular flexibility index (Phi) is 3.40. The lowest BCUT2D eigenvalue weighted by molar-refractivity contribution is 0.436. The van der Waals surface area contributed by atoms with E-state index >= 15 is 0 Å². The van der Waals surface area contributed by atoms with Gasteiger partial charge in [0.2, 0.25) is 0 Å². The maximum atomic E-state index is 6.42. The van der Waals surface area contributed by atoms with E-state index in [0.29, 0.717) is 0 Å². The molecule has 0 amide bonds. The molecule has 146 valence electrons. The molecule has 0 aromatic heterocycles. The molecule has 1 unspecified atom stereocenters. The summed E-state index contributed by atoms with van der Waals surface area (Å²) in [4.78, 5) is 0. The van der Waals surface area contributed by atoms with Crippen molar-refractivity contribution in [3.63, 3.8) is 0 Å². The van der Waals surface area contributed by atoms with Crippen molar-refractivity contribution in [2.75, 3.05) is 0 Å². The molecule has 0 N–H and O–H groups in total. The molecule has 0 bridgehead atoms. The van der Waals surface area contributed by atoms with Crippen molar-refractivity contribution in [1.29, 1.82) is 0 Å². The standard InChI is InChI=1S/C29H17BrO/c30-19-14-16-27-25(17-19)29(23-11-5-6-12-26(23)31-27)22-10-4-3-9-21(22)28-20-8-2-1-7-18(20)13-15-24(28)29/h1-17H. The Morgan fingerprint density at radius 2 is 1.32 bits per heavy atom. The maximum absolute atomic E-state index is 6.42. The van der Waals surface area contributed by atoms with Crippen molar-refractivity contribution in [2.24, 2.45) is 0 Å². The van der Waals surface area contributed by atoms with Crippen LogP contribution >= 0.6 is 15.9 Å². The Labute approximate surface area is 189 Å². The molecule has 7 rings (SSSR count). The van der Waals surface area contributed by atoms with Crippen LogP contribution < -0.4 is 4.74 Å². The van der Waals surface area contributed by atoms with E-state index in [0.717, 1.165) is 16.0 Å². The Balaban J connectivity index is 1.75. The summed E-state index contributed by atoms with van der Waals surface area (Å²) in [6.07, 6.45) is 0. The highest BCUT2D eigenvalue weighted by molar-refractivity contribution is 9.10. The van der Waals surface area contributed by atoms with E-state index in [-0.39, 0.29) is 0 Å². The summed E-state index contributed by atoms with van der Waals surface area (Å²) in [5.41, 5.74) is 7.24. The average Bonchev–Trinajstić information content (AvgIpc) is 3.11. The first-order valence-electron chi connectivity index (χ1n) is 10.5. The van der Waals surface area contributed by atoms with Crippen molar-refractivity contribution in [3.05, 3.63) is 130 Å². The normalized spacial score (nSPS) is 17.6. The van der Waals surface area contributed by atoms with Crippen LogP contribution in [0.2, 0.25) is 0 Å². The number of ether oxygens (including phenoxy) is 1. The van der Waals surface area contributed by atoms with E-state index in [1.165, 1.54) is 44.2 Å². The monoisotopic (exact) mass is 460 g/mol. The zero-order chi connectivity index (χ0) is 20.6. The van der Waals surface area contributed by atoms with Gasteiger partial charge in [0.1, 0.15) is 11.5 Å². The first-order valence-corrected chi connectivity index (χ1v) is 11.3. The summed E-state index contributed by atoms with van der Waals surface area (Å²) in [6, 6.07) is 37.0. The highest BCUT2D eigenvalue weighted by Crippen LogP contribution is 2.63. The molecule has 0 saturated carbocycles. The second kappa shape index (κ2) is 6.09. The Morgan fingerprint density at radius 3 is 2.26 bits per heavy atom. The van der Waals surface area contributed by atoms with Gasteiger partial charge in [0, 0.05) is 15.6 Å². The molecule has 1 aliphatic heterocycles. The summed E-state index contributed by atoms with van der Waals surface area (Å²) in [7, 11) is 0. The lowest BCUT2D eigenvalue weighted by Gasteiger charge is -2.39. The topological polar surface area (TPSA) is 9.23 Å². The molecule has 1 heterocycles. The van der Waals surface area contributed by atoms with Crippen LogP contribution in [0.5, 0.6) is 11.5 Å². The lowest BCUT2D eigenvalue weighted by atomic mass is 9.66. The third-order valence-corrected chi connectivity index (χ3v) is 7.28. The third kappa shape index (κ3) is 2.11. The van der Waals surface area contributed by atoms with Crippen LogP contribution in [0.3, 0.4) is 0 Å². The molecule has 0 saturated heterocycles. The van der Waals surface area contributed by atoms with Crippen molar-refractivity contribution in [3.8, 4) is 22.6 Å². The fourth-order valence-electron chi connectivity index (χ4n) is 5.64. The SMILES string of the molecule is Brc1ccc2c(c1)C1(c3ccccc3O2)c2ccccc2-c2c1ccc1ccccc21. The molecule has 31 heavy (non-hydrogen) atoms. The average molecular weight is 461 g/mol. The highest BCUT2D eigenvalue weighted by Gasteiger charge is 2.51. The Hall–Kier alpha value is -3.36. The van der Waals surface area contributed by atoms with Crippen LogP contribution in [0.4, 0.5) is 0 Å². The summed E-state index contributed by atoms with van der Waals surface area (Å²) in [5.74, 6) is 1.84. The number of halogens is 1. The van der Waals surface area contributed by atoms with Crippen LogP contribution in [0.1, 0.15) is 22.3 Å². The Morgan fingerprint density at radius 1 is 0.581 bits per heavy atom. The Bertz CT molecular complexity index is 1530. The van der Waals surface area contributed by atoms with Crippen molar-refractivity contribution >= 4 is 26.7 Å². The number of benzene rings is 5. The third-order valence-electron chi connectivity index (χ3n) is 6.79. The van der Waals surface area contributed by atoms with Gasteiger partial charge in [-0.15, -0.1) is 0 Å². The van der Waals surface area contributed by atoms with E-state index in [1.54, 1.807) is 0 Å². The summed E-state index contributed by atoms with van der Waals surface area (Å²) in [5, 5.41) is 2.56. The van der Waals surface area contributed by atoms with Gasteiger partial charge in [0.05, 0.1) is 5.41 Å². The van der Waals surface area contributed by atoms with Gasteiger partial charge in [-0.1, -0.05) is 94.8 Å². The first-order chi connectivity index (χ1) is 15.3. The number of para-hydroxylation sites is 1. The molecule has 0 fully saturated rings.